The molecule has 0 aliphatic heterocycles. The van der Waals surface area contributed by atoms with E-state index < -0.39 is 0 Å². The Morgan fingerprint density at radius 2 is 1.50 bits per heavy atom. The van der Waals surface area contributed by atoms with Gasteiger partial charge in [-0.05, 0) is 20.8 Å². The van der Waals surface area contributed by atoms with Crippen LogP contribution in [-0.2, 0) is 0 Å². The molecule has 1 N–H and O–H groups in total. The van der Waals surface area contributed by atoms with Crippen molar-refractivity contribution in [2.24, 2.45) is 0 Å². The summed E-state index contributed by atoms with van der Waals surface area (Å²) >= 11 is 0. The third-order valence-electron chi connectivity index (χ3n) is 0.559. The lowest BCUT2D eigenvalue weighted by atomic mass is 10.1. The summed E-state index contributed by atoms with van der Waals surface area (Å²) in [7, 11) is 3.98. The van der Waals surface area contributed by atoms with E-state index in [0.717, 1.165) is 0 Å². The van der Waals surface area contributed by atoms with Crippen LogP contribution in [0.1, 0.15) is 20.8 Å². The molecule has 0 amide bonds. The summed E-state index contributed by atoms with van der Waals surface area (Å²) in [5.41, 5.74) is 3.41. The van der Waals surface area contributed by atoms with E-state index in [0.29, 0.717) is 0 Å². The van der Waals surface area contributed by atoms with E-state index >= 15 is 0 Å². The Kier molecular flexibility index (Phi) is 2.44. The molecule has 0 spiro atoms. The lowest BCUT2D eigenvalue weighted by Gasteiger charge is -2.25. The second-order valence-corrected chi connectivity index (χ2v) is 3.26. The van der Waals surface area contributed by atoms with E-state index in [-0.39, 0.29) is 5.54 Å². The molecule has 50 valence electrons. The molecule has 0 fully saturated rings. The van der Waals surface area contributed by atoms with Crippen LogP contribution < -0.4 is 5.43 Å². The monoisotopic (exact) mass is 116 g/mol. The van der Waals surface area contributed by atoms with Crippen molar-refractivity contribution in [3.05, 3.63) is 0 Å². The normalized spacial score (nSPS) is 12.8. The van der Waals surface area contributed by atoms with Gasteiger partial charge >= 0.3 is 0 Å². The summed E-state index contributed by atoms with van der Waals surface area (Å²) in [6, 6.07) is 0. The molecule has 0 aliphatic rings. The molecule has 0 aromatic heterocycles. The van der Waals surface area contributed by atoms with Gasteiger partial charge in [0.25, 0.3) is 0 Å². The van der Waals surface area contributed by atoms with Crippen LogP contribution in [0.4, 0.5) is 0 Å². The average Bonchev–Trinajstić information content (AvgIpc) is 1.21. The highest BCUT2D eigenvalue weighted by atomic mass is 15.5. The zero-order chi connectivity index (χ0) is 6.78. The molecule has 0 rings (SSSR count). The maximum absolute atomic E-state index is 3.22. The van der Waals surface area contributed by atoms with Crippen LogP contribution in [0, 0.1) is 0 Å². The fourth-order valence-corrected chi connectivity index (χ4v) is 0.671. The van der Waals surface area contributed by atoms with Gasteiger partial charge in [-0.15, -0.1) is 0 Å². The molecule has 8 heavy (non-hydrogen) atoms. The number of nitrogens with zero attached hydrogens (tertiary/aromatic N) is 1. The molecule has 0 aliphatic carbocycles. The van der Waals surface area contributed by atoms with Gasteiger partial charge in [-0.1, -0.05) is 0 Å². The zero-order valence-electron chi connectivity index (χ0n) is 6.45. The first-order valence-electron chi connectivity index (χ1n) is 2.87. The third-order valence-corrected chi connectivity index (χ3v) is 0.559. The van der Waals surface area contributed by atoms with Gasteiger partial charge in [-0.2, -0.15) is 0 Å². The van der Waals surface area contributed by atoms with Crippen molar-refractivity contribution in [3.63, 3.8) is 0 Å². The van der Waals surface area contributed by atoms with Crippen molar-refractivity contribution in [2.45, 2.75) is 26.3 Å². The van der Waals surface area contributed by atoms with E-state index in [1.165, 1.54) is 0 Å². The Bertz CT molecular complexity index is 61.4. The predicted octanol–water partition coefficient (Wildman–Crippen LogP) is 0.851. The van der Waals surface area contributed by atoms with Crippen LogP contribution in [-0.4, -0.2) is 24.6 Å². The molecule has 0 atom stereocenters. The minimum Gasteiger partial charge on any atom is -0.250 e. The molecule has 0 radical (unpaired) electrons. The minimum atomic E-state index is 0.198. The Morgan fingerprint density at radius 1 is 1.12 bits per heavy atom. The van der Waals surface area contributed by atoms with Gasteiger partial charge in [0.2, 0.25) is 0 Å². The first-order valence-corrected chi connectivity index (χ1v) is 2.87. The second kappa shape index (κ2) is 2.46. The zero-order valence-corrected chi connectivity index (χ0v) is 6.45. The van der Waals surface area contributed by atoms with Crippen LogP contribution in [0.5, 0.6) is 0 Å². The first kappa shape index (κ1) is 7.92. The number of hydrogen-bond donors (Lipinski definition) is 1. The number of hydrogen-bond acceptors (Lipinski definition) is 2. The minimum absolute atomic E-state index is 0.198. The highest BCUT2D eigenvalue weighted by Gasteiger charge is 2.08. The van der Waals surface area contributed by atoms with Gasteiger partial charge < -0.3 is 0 Å². The fourth-order valence-electron chi connectivity index (χ4n) is 0.671. The molecule has 0 aromatic carbocycles. The van der Waals surface area contributed by atoms with Crippen molar-refractivity contribution < 1.29 is 0 Å². The maximum Gasteiger partial charge on any atom is 0.0241 e. The van der Waals surface area contributed by atoms with E-state index in [4.69, 9.17) is 0 Å². The molecular formula is C6H16N2. The van der Waals surface area contributed by atoms with Crippen LogP contribution >= 0.6 is 0 Å². The fraction of sp³-hybridized carbons (Fsp3) is 1.00. The SMILES string of the molecule is CN(C)NC(C)(C)C. The summed E-state index contributed by atoms with van der Waals surface area (Å²) in [4.78, 5) is 0. The van der Waals surface area contributed by atoms with E-state index in [1.54, 1.807) is 0 Å². The van der Waals surface area contributed by atoms with Gasteiger partial charge in [-0.25, -0.2) is 0 Å². The van der Waals surface area contributed by atoms with Crippen LogP contribution in [0.15, 0.2) is 0 Å². The smallest absolute Gasteiger partial charge is 0.0241 e. The van der Waals surface area contributed by atoms with Gasteiger partial charge in [0.05, 0.1) is 0 Å². The Hall–Kier alpha value is -0.0800. The summed E-state index contributed by atoms with van der Waals surface area (Å²) in [6.45, 7) is 6.40. The Labute approximate surface area is 51.8 Å². The Morgan fingerprint density at radius 3 is 1.50 bits per heavy atom. The summed E-state index contributed by atoms with van der Waals surface area (Å²) in [5, 5.41) is 1.96. The summed E-state index contributed by atoms with van der Waals surface area (Å²) in [5.74, 6) is 0. The number of rotatable bonds is 1. The number of nitrogens with one attached hydrogen (secondary N) is 1. The van der Waals surface area contributed by atoms with Crippen molar-refractivity contribution in [1.29, 1.82) is 0 Å². The number of hydrazine groups is 1. The Balaban J connectivity index is 3.39. The van der Waals surface area contributed by atoms with Crippen LogP contribution in [0.25, 0.3) is 0 Å². The van der Waals surface area contributed by atoms with Crippen molar-refractivity contribution in [1.82, 2.24) is 10.4 Å². The molecule has 0 bridgehead atoms. The molecule has 2 heteroatoms. The molecular weight excluding hydrogens is 100 g/mol. The quantitative estimate of drug-likeness (QED) is 0.511. The highest BCUT2D eigenvalue weighted by Crippen LogP contribution is 1.97. The predicted molar refractivity (Wildman–Crippen MR) is 36.6 cm³/mol. The highest BCUT2D eigenvalue weighted by molar-refractivity contribution is 4.65. The lowest BCUT2D eigenvalue weighted by Crippen LogP contribution is -2.44. The summed E-state index contributed by atoms with van der Waals surface area (Å²) < 4.78 is 0. The maximum atomic E-state index is 3.22. The molecule has 0 saturated carbocycles. The van der Waals surface area contributed by atoms with Crippen molar-refractivity contribution in [2.75, 3.05) is 14.1 Å². The summed E-state index contributed by atoms with van der Waals surface area (Å²) in [6.07, 6.45) is 0. The largest absolute Gasteiger partial charge is 0.250 e. The van der Waals surface area contributed by atoms with E-state index in [2.05, 4.69) is 26.2 Å². The van der Waals surface area contributed by atoms with Gasteiger partial charge in [0.15, 0.2) is 0 Å². The molecule has 2 nitrogen and oxygen atoms in total. The van der Waals surface area contributed by atoms with E-state index in [1.807, 2.05) is 19.1 Å². The van der Waals surface area contributed by atoms with Crippen molar-refractivity contribution >= 4 is 0 Å². The average molecular weight is 116 g/mol. The molecule has 0 aromatic rings. The van der Waals surface area contributed by atoms with Gasteiger partial charge in [-0.3, -0.25) is 10.4 Å². The molecule has 0 unspecified atom stereocenters. The first-order chi connectivity index (χ1) is 3.42. The molecule has 0 heterocycles. The van der Waals surface area contributed by atoms with Crippen LogP contribution in [0.2, 0.25) is 0 Å². The second-order valence-electron chi connectivity index (χ2n) is 3.26. The molecule has 0 saturated heterocycles. The standard InChI is InChI=1S/C6H16N2/c1-6(2,3)7-8(4)5/h7H,1-5H3. The van der Waals surface area contributed by atoms with E-state index in [9.17, 15) is 0 Å². The van der Waals surface area contributed by atoms with Gasteiger partial charge in [0, 0.05) is 19.6 Å². The topological polar surface area (TPSA) is 15.3 Å². The van der Waals surface area contributed by atoms with Crippen molar-refractivity contribution in [3.8, 4) is 0 Å². The van der Waals surface area contributed by atoms with Gasteiger partial charge in [0.1, 0.15) is 0 Å². The third kappa shape index (κ3) is 5.92. The van der Waals surface area contributed by atoms with Crippen LogP contribution in [0.3, 0.4) is 0 Å². The lowest BCUT2D eigenvalue weighted by molar-refractivity contribution is 0.199.